The van der Waals surface area contributed by atoms with Crippen LogP contribution in [0.4, 0.5) is 0 Å². The van der Waals surface area contributed by atoms with Crippen LogP contribution in [0.1, 0.15) is 33.6 Å². The lowest BCUT2D eigenvalue weighted by molar-refractivity contribution is -0.145. The van der Waals surface area contributed by atoms with Gasteiger partial charge >= 0.3 is 5.97 Å². The van der Waals surface area contributed by atoms with E-state index in [2.05, 4.69) is 6.92 Å². The molecule has 0 aromatic carbocycles. The molecule has 0 aromatic rings. The second kappa shape index (κ2) is 3.44. The highest BCUT2D eigenvalue weighted by molar-refractivity contribution is 5.79. The van der Waals surface area contributed by atoms with Crippen molar-refractivity contribution in [3.05, 3.63) is 0 Å². The summed E-state index contributed by atoms with van der Waals surface area (Å²) >= 11 is 0. The van der Waals surface area contributed by atoms with E-state index in [1.54, 1.807) is 0 Å². The minimum Gasteiger partial charge on any atom is -0.464 e. The van der Waals surface area contributed by atoms with Crippen LogP contribution in [0.5, 0.6) is 0 Å². The van der Waals surface area contributed by atoms with Gasteiger partial charge in [-0.1, -0.05) is 13.3 Å². The Morgan fingerprint density at radius 3 is 2.58 bits per heavy atom. The van der Waals surface area contributed by atoms with E-state index in [0.29, 0.717) is 6.61 Å². The summed E-state index contributed by atoms with van der Waals surface area (Å²) in [5, 5.41) is 0. The second-order valence-corrected chi connectivity index (χ2v) is 3.62. The molecule has 0 spiro atoms. The predicted molar refractivity (Wildman–Crippen MR) is 44.8 cm³/mol. The number of carbonyl (C=O) groups excluding carboxylic acids is 1. The van der Waals surface area contributed by atoms with Crippen LogP contribution >= 0.6 is 0 Å². The van der Waals surface area contributed by atoms with Crippen molar-refractivity contribution in [2.24, 2.45) is 0 Å². The van der Waals surface area contributed by atoms with Crippen molar-refractivity contribution in [2.75, 3.05) is 6.61 Å². The number of carbonyl (C=O) groups is 1. The van der Waals surface area contributed by atoms with E-state index in [9.17, 15) is 4.79 Å². The van der Waals surface area contributed by atoms with Gasteiger partial charge in [-0.15, -0.1) is 0 Å². The Hall–Kier alpha value is -0.570. The van der Waals surface area contributed by atoms with Gasteiger partial charge in [0.1, 0.15) is 5.60 Å². The molecule has 1 heterocycles. The number of hydrogen-bond donors (Lipinski definition) is 0. The second-order valence-electron chi connectivity index (χ2n) is 3.62. The van der Waals surface area contributed by atoms with Crippen LogP contribution in [0.3, 0.4) is 0 Å². The lowest BCUT2D eigenvalue weighted by Crippen LogP contribution is -2.18. The maximum atomic E-state index is 11.1. The molecule has 12 heavy (non-hydrogen) atoms. The first kappa shape index (κ1) is 9.52. The Morgan fingerprint density at radius 2 is 2.17 bits per heavy atom. The zero-order chi connectivity index (χ0) is 9.19. The molecule has 3 nitrogen and oxygen atoms in total. The summed E-state index contributed by atoms with van der Waals surface area (Å²) < 4.78 is 10.1. The lowest BCUT2D eigenvalue weighted by atomic mass is 10.1. The van der Waals surface area contributed by atoms with E-state index >= 15 is 0 Å². The van der Waals surface area contributed by atoms with E-state index in [-0.39, 0.29) is 17.7 Å². The number of unbranched alkanes of at least 4 members (excludes halogenated alkanes) is 1. The molecule has 1 aliphatic rings. The van der Waals surface area contributed by atoms with Gasteiger partial charge in [-0.25, -0.2) is 4.79 Å². The van der Waals surface area contributed by atoms with Crippen LogP contribution in [0.2, 0.25) is 0 Å². The zero-order valence-corrected chi connectivity index (χ0v) is 7.92. The van der Waals surface area contributed by atoms with Gasteiger partial charge in [-0.2, -0.15) is 0 Å². The Balaban J connectivity index is 2.14. The van der Waals surface area contributed by atoms with Crippen LogP contribution < -0.4 is 0 Å². The van der Waals surface area contributed by atoms with Crippen molar-refractivity contribution in [1.29, 1.82) is 0 Å². The van der Waals surface area contributed by atoms with E-state index in [4.69, 9.17) is 9.47 Å². The summed E-state index contributed by atoms with van der Waals surface area (Å²) in [7, 11) is 0. The summed E-state index contributed by atoms with van der Waals surface area (Å²) in [5.74, 6) is -0.214. The predicted octanol–water partition coefficient (Wildman–Crippen LogP) is 1.51. The van der Waals surface area contributed by atoms with Crippen LogP contribution in [0.15, 0.2) is 0 Å². The standard InChI is InChI=1S/C9H16O3/c1-4-5-6-11-8(10)7-9(2,3)12-7/h7H,4-6H2,1-3H3. The number of epoxide rings is 1. The van der Waals surface area contributed by atoms with Crippen LogP contribution in [-0.4, -0.2) is 24.3 Å². The molecule has 1 fully saturated rings. The van der Waals surface area contributed by atoms with Gasteiger partial charge in [0.25, 0.3) is 0 Å². The quantitative estimate of drug-likeness (QED) is 0.366. The Bertz CT molecular complexity index is 175. The Morgan fingerprint density at radius 1 is 1.58 bits per heavy atom. The monoisotopic (exact) mass is 172 g/mol. The molecule has 0 radical (unpaired) electrons. The van der Waals surface area contributed by atoms with Crippen molar-refractivity contribution in [3.63, 3.8) is 0 Å². The summed E-state index contributed by atoms with van der Waals surface area (Å²) in [4.78, 5) is 11.1. The van der Waals surface area contributed by atoms with Crippen LogP contribution in [0.25, 0.3) is 0 Å². The topological polar surface area (TPSA) is 38.8 Å². The summed E-state index contributed by atoms with van der Waals surface area (Å²) in [6.07, 6.45) is 1.65. The highest BCUT2D eigenvalue weighted by atomic mass is 16.7. The van der Waals surface area contributed by atoms with E-state index in [1.165, 1.54) is 0 Å². The fraction of sp³-hybridized carbons (Fsp3) is 0.889. The third-order valence-corrected chi connectivity index (χ3v) is 1.95. The van der Waals surface area contributed by atoms with Crippen molar-refractivity contribution in [2.45, 2.75) is 45.3 Å². The maximum absolute atomic E-state index is 11.1. The van der Waals surface area contributed by atoms with Gasteiger partial charge in [0.05, 0.1) is 6.61 Å². The molecule has 3 heteroatoms. The number of hydrogen-bond acceptors (Lipinski definition) is 3. The molecule has 0 aromatic heterocycles. The van der Waals surface area contributed by atoms with Gasteiger partial charge in [0.2, 0.25) is 0 Å². The fourth-order valence-corrected chi connectivity index (χ4v) is 0.994. The van der Waals surface area contributed by atoms with Crippen LogP contribution in [0, 0.1) is 0 Å². The molecule has 70 valence electrons. The Kier molecular flexibility index (Phi) is 2.73. The number of esters is 1. The average molecular weight is 172 g/mol. The molecule has 0 bridgehead atoms. The van der Waals surface area contributed by atoms with Gasteiger partial charge < -0.3 is 9.47 Å². The van der Waals surface area contributed by atoms with Gasteiger partial charge in [-0.05, 0) is 20.3 Å². The highest BCUT2D eigenvalue weighted by Gasteiger charge is 2.54. The normalized spacial score (nSPS) is 25.1. The molecule has 1 atom stereocenters. The van der Waals surface area contributed by atoms with Crippen molar-refractivity contribution >= 4 is 5.97 Å². The number of rotatable bonds is 4. The minimum absolute atomic E-state index is 0.214. The lowest BCUT2D eigenvalue weighted by Gasteiger charge is -2.01. The molecular weight excluding hydrogens is 156 g/mol. The Labute approximate surface area is 73.0 Å². The molecule has 0 saturated carbocycles. The first-order chi connectivity index (χ1) is 5.58. The summed E-state index contributed by atoms with van der Waals surface area (Å²) in [6.45, 7) is 6.36. The summed E-state index contributed by atoms with van der Waals surface area (Å²) in [6, 6.07) is 0. The molecule has 0 aliphatic carbocycles. The largest absolute Gasteiger partial charge is 0.464 e. The molecule has 1 saturated heterocycles. The van der Waals surface area contributed by atoms with Crippen molar-refractivity contribution in [3.8, 4) is 0 Å². The van der Waals surface area contributed by atoms with E-state index in [1.807, 2.05) is 13.8 Å². The highest BCUT2D eigenvalue weighted by Crippen LogP contribution is 2.35. The smallest absolute Gasteiger partial charge is 0.338 e. The number of ether oxygens (including phenoxy) is 2. The first-order valence-corrected chi connectivity index (χ1v) is 4.42. The molecule has 1 unspecified atom stereocenters. The minimum atomic E-state index is -0.325. The third kappa shape index (κ3) is 2.21. The van der Waals surface area contributed by atoms with Crippen molar-refractivity contribution in [1.82, 2.24) is 0 Å². The van der Waals surface area contributed by atoms with Crippen LogP contribution in [-0.2, 0) is 14.3 Å². The molecule has 0 N–H and O–H groups in total. The van der Waals surface area contributed by atoms with Gasteiger partial charge in [0.15, 0.2) is 6.10 Å². The zero-order valence-electron chi connectivity index (χ0n) is 7.92. The van der Waals surface area contributed by atoms with E-state index < -0.39 is 0 Å². The summed E-state index contributed by atoms with van der Waals surface area (Å²) in [5.41, 5.74) is -0.288. The first-order valence-electron chi connectivity index (χ1n) is 4.42. The van der Waals surface area contributed by atoms with Gasteiger partial charge in [0, 0.05) is 0 Å². The molecule has 1 rings (SSSR count). The molecule has 0 amide bonds. The maximum Gasteiger partial charge on any atom is 0.338 e. The average Bonchev–Trinajstić information content (AvgIpc) is 2.60. The molecule has 1 aliphatic heterocycles. The fourth-order valence-electron chi connectivity index (χ4n) is 0.994. The van der Waals surface area contributed by atoms with Gasteiger partial charge in [-0.3, -0.25) is 0 Å². The third-order valence-electron chi connectivity index (χ3n) is 1.95. The van der Waals surface area contributed by atoms with E-state index in [0.717, 1.165) is 12.8 Å². The SMILES string of the molecule is CCCCOC(=O)C1OC1(C)C. The van der Waals surface area contributed by atoms with Crippen molar-refractivity contribution < 1.29 is 14.3 Å². The molecular formula is C9H16O3.